The third-order valence-electron chi connectivity index (χ3n) is 10.6. The number of nitrogens with zero attached hydrogens (tertiary/aromatic N) is 3. The highest BCUT2D eigenvalue weighted by atomic mass is 31.2. The Morgan fingerprint density at radius 1 is 1.03 bits per heavy atom. The third kappa shape index (κ3) is 12.4. The summed E-state index contributed by atoms with van der Waals surface area (Å²) in [5.41, 5.74) is -0.571. The van der Waals surface area contributed by atoms with Crippen LogP contribution in [-0.4, -0.2) is 68.9 Å². The summed E-state index contributed by atoms with van der Waals surface area (Å²) in [4.78, 5) is 44.6. The predicted octanol–water partition coefficient (Wildman–Crippen LogP) is 3.80. The lowest BCUT2D eigenvalue weighted by atomic mass is 10.1. The molecule has 0 spiro atoms. The number of hydrogen-bond donors (Lipinski definition) is 2. The van der Waals surface area contributed by atoms with Crippen molar-refractivity contribution in [3.8, 4) is 5.75 Å². The van der Waals surface area contributed by atoms with Crippen molar-refractivity contribution in [1.29, 1.82) is 0 Å². The number of ether oxygens (including phenoxy) is 2. The van der Waals surface area contributed by atoms with Crippen LogP contribution >= 0.6 is 7.60 Å². The number of aromatic nitrogens is 3. The van der Waals surface area contributed by atoms with Crippen molar-refractivity contribution < 1.29 is 42.3 Å². The maximum atomic E-state index is 13.3. The van der Waals surface area contributed by atoms with E-state index < -0.39 is 57.8 Å². The van der Waals surface area contributed by atoms with Crippen LogP contribution < -0.4 is 40.6 Å². The molecule has 0 saturated carbocycles. The van der Waals surface area contributed by atoms with Gasteiger partial charge in [-0.2, -0.15) is 9.71 Å². The molecular weight excluding hydrogens is 790 g/mol. The van der Waals surface area contributed by atoms with Gasteiger partial charge in [-0.25, -0.2) is 4.79 Å². The normalized spacial score (nSPS) is 17.9. The van der Waals surface area contributed by atoms with Gasteiger partial charge in [-0.15, -0.1) is 0 Å². The van der Waals surface area contributed by atoms with Gasteiger partial charge in [-0.05, 0) is 48.7 Å². The molecule has 2 aromatic carbocycles. The predicted molar refractivity (Wildman–Crippen MR) is 229 cm³/mol. The van der Waals surface area contributed by atoms with Gasteiger partial charge < -0.3 is 43.3 Å². The van der Waals surface area contributed by atoms with Gasteiger partial charge in [-0.1, -0.05) is 95.3 Å². The first-order chi connectivity index (χ1) is 28.0. The molecule has 0 radical (unpaired) electrons. The third-order valence-corrected chi connectivity index (χ3v) is 17.0. The Morgan fingerprint density at radius 2 is 1.63 bits per heavy atom. The number of hydrogen-bond acceptors (Lipinski definition) is 10. The Bertz CT molecular complexity index is 2000. The topological polar surface area (TPSA) is 172 Å². The number of methoxy groups -OCH3 is 1. The number of rotatable bonds is 17. The molecule has 1 fully saturated rings. The molecular formula is C43H62N5O9PSi. The largest absolute Gasteiger partial charge is 0.778 e. The summed E-state index contributed by atoms with van der Waals surface area (Å²) in [6, 6.07) is 24.5. The van der Waals surface area contributed by atoms with Crippen LogP contribution in [-0.2, 0) is 29.7 Å². The quantitative estimate of drug-likeness (QED) is 0.0689. The van der Waals surface area contributed by atoms with Crippen molar-refractivity contribution in [2.45, 2.75) is 98.3 Å². The number of carbonyl (C=O) groups is 1. The summed E-state index contributed by atoms with van der Waals surface area (Å²) in [7, 11) is -6.20. The van der Waals surface area contributed by atoms with Crippen LogP contribution in [0.2, 0.25) is 5.04 Å². The number of anilines is 1. The molecule has 1 aliphatic heterocycles. The average Bonchev–Trinajstić information content (AvgIpc) is 3.62. The second kappa shape index (κ2) is 21.3. The van der Waals surface area contributed by atoms with E-state index in [1.807, 2.05) is 36.4 Å². The fourth-order valence-electron chi connectivity index (χ4n) is 7.15. The number of nitrogens with one attached hydrogen (secondary N) is 2. The Morgan fingerprint density at radius 3 is 2.12 bits per heavy atom. The summed E-state index contributed by atoms with van der Waals surface area (Å²) >= 11 is 0. The van der Waals surface area contributed by atoms with Crippen molar-refractivity contribution in [2.24, 2.45) is 5.92 Å². The van der Waals surface area contributed by atoms with Crippen LogP contribution in [0.3, 0.4) is 0 Å². The molecule has 2 N–H and O–H groups in total. The molecule has 2 aromatic heterocycles. The number of pyridine rings is 1. The Hall–Kier alpha value is -4.21. The molecule has 4 aromatic rings. The van der Waals surface area contributed by atoms with E-state index in [1.165, 1.54) is 61.9 Å². The fourth-order valence-corrected chi connectivity index (χ4v) is 12.9. The van der Waals surface area contributed by atoms with E-state index in [0.717, 1.165) is 10.4 Å². The van der Waals surface area contributed by atoms with Crippen LogP contribution in [0.4, 0.5) is 5.82 Å². The molecule has 16 heteroatoms. The zero-order valence-electron chi connectivity index (χ0n) is 35.9. The zero-order valence-corrected chi connectivity index (χ0v) is 37.8. The van der Waals surface area contributed by atoms with Gasteiger partial charge in [0.25, 0.3) is 8.32 Å². The van der Waals surface area contributed by atoms with Gasteiger partial charge in [0, 0.05) is 30.8 Å². The molecule has 3 heterocycles. The highest BCUT2D eigenvalue weighted by molar-refractivity contribution is 7.51. The second-order valence-corrected chi connectivity index (χ2v) is 22.1. The van der Waals surface area contributed by atoms with Crippen molar-refractivity contribution >= 4 is 38.0 Å². The summed E-state index contributed by atoms with van der Waals surface area (Å²) in [5, 5.41) is 16.6. The first-order valence-corrected chi connectivity index (χ1v) is 24.0. The van der Waals surface area contributed by atoms with Crippen molar-refractivity contribution in [3.63, 3.8) is 0 Å². The molecule has 4 atom stereocenters. The van der Waals surface area contributed by atoms with E-state index in [4.69, 9.17) is 18.4 Å². The minimum Gasteiger partial charge on any atom is -0.778 e. The van der Waals surface area contributed by atoms with Crippen LogP contribution in [0, 0.1) is 11.1 Å². The van der Waals surface area contributed by atoms with Crippen LogP contribution in [0.25, 0.3) is 0 Å². The number of benzene rings is 2. The lowest BCUT2D eigenvalue weighted by molar-refractivity contribution is -0.894. The molecule has 5 rings (SSSR count). The number of quaternary nitrogens is 1. The van der Waals surface area contributed by atoms with Crippen molar-refractivity contribution in [2.75, 3.05) is 38.2 Å². The molecule has 1 saturated heterocycles. The minimum absolute atomic E-state index is 0.0136. The molecule has 1 amide bonds. The molecule has 1 unspecified atom stereocenters. The van der Waals surface area contributed by atoms with Gasteiger partial charge in [0.15, 0.2) is 6.20 Å². The van der Waals surface area contributed by atoms with Crippen LogP contribution in [0.1, 0.15) is 80.2 Å². The smallest absolute Gasteiger partial charge is 0.351 e. The van der Waals surface area contributed by atoms with Gasteiger partial charge >= 0.3 is 5.69 Å². The lowest BCUT2D eigenvalue weighted by Crippen LogP contribution is -3.11. The first-order valence-electron chi connectivity index (χ1n) is 20.4. The van der Waals surface area contributed by atoms with Crippen LogP contribution in [0.5, 0.6) is 5.75 Å². The summed E-state index contributed by atoms with van der Waals surface area (Å²) in [5.74, 6) is -0.0730. The molecule has 0 aliphatic carbocycles. The van der Waals surface area contributed by atoms with E-state index in [2.05, 4.69) is 76.1 Å². The maximum Gasteiger partial charge on any atom is 0.351 e. The van der Waals surface area contributed by atoms with Gasteiger partial charge in [0.05, 0.1) is 45.0 Å². The zero-order chi connectivity index (χ0) is 43.4. The van der Waals surface area contributed by atoms with Crippen molar-refractivity contribution in [3.05, 3.63) is 113 Å². The van der Waals surface area contributed by atoms with Gasteiger partial charge in [-0.3, -0.25) is 9.36 Å². The van der Waals surface area contributed by atoms with Crippen molar-refractivity contribution in [1.82, 2.24) is 9.55 Å². The molecule has 59 heavy (non-hydrogen) atoms. The first kappa shape index (κ1) is 47.5. The van der Waals surface area contributed by atoms with E-state index in [1.54, 1.807) is 18.7 Å². The monoisotopic (exact) mass is 851 g/mol. The SMILES string of the molecule is CC[NH+](CC)CC.COc1cc[n+]([O-])c(COP(=O)([O-])CC[C@H]2O[C@@H](n3ccc(NC(=O)C(C)C)nc3=O)C[C@@H]2O[Si](c2ccccc2)(c2ccccc2)C(C)(C)C)c1. The number of carbonyl (C=O) groups excluding carboxylic acids is 1. The van der Waals surface area contributed by atoms with Crippen LogP contribution in [0.15, 0.2) is 96.1 Å². The van der Waals surface area contributed by atoms with E-state index >= 15 is 0 Å². The summed E-state index contributed by atoms with van der Waals surface area (Å²) < 4.78 is 39.5. The second-order valence-electron chi connectivity index (χ2n) is 15.9. The van der Waals surface area contributed by atoms with E-state index in [9.17, 15) is 24.3 Å². The highest BCUT2D eigenvalue weighted by Gasteiger charge is 2.54. The Kier molecular flexibility index (Phi) is 17.2. The molecule has 1 aliphatic rings. The van der Waals surface area contributed by atoms with Gasteiger partial charge in [0.2, 0.25) is 11.6 Å². The highest BCUT2D eigenvalue weighted by Crippen LogP contribution is 2.44. The minimum atomic E-state index is -4.50. The Balaban J connectivity index is 0.00000101. The van der Waals surface area contributed by atoms with Gasteiger partial charge in [0.1, 0.15) is 32.0 Å². The maximum absolute atomic E-state index is 13.3. The Labute approximate surface area is 349 Å². The average molecular weight is 852 g/mol. The standard InChI is InChI=1S/C37H47N4O9PSi.C6H15N/c1-26(2)35(42)38-33-18-20-40(36(43)39-33)34-24-32(31(49-34)19-22-51(45,46)48-25-27-23-28(47-6)17-21-41(27)44)50-52(37(3,4)5,29-13-9-7-10-14-29)30-15-11-8-12-16-30;1-4-7(5-2)6-3/h7-18,20-21,23,26,31-32,34H,19,22,24-25H2,1-6H3,(H,45,46)(H,38,39,42,43);4-6H2,1-3H3/t31-,32+,34-;/m1./s1. The molecule has 14 nitrogen and oxygen atoms in total. The van der Waals surface area contributed by atoms with E-state index in [0.29, 0.717) is 10.5 Å². The summed E-state index contributed by atoms with van der Waals surface area (Å²) in [6.45, 7) is 19.9. The number of amides is 1. The lowest BCUT2D eigenvalue weighted by Gasteiger charge is -2.45. The molecule has 0 bridgehead atoms. The molecule has 322 valence electrons. The summed E-state index contributed by atoms with van der Waals surface area (Å²) in [6.07, 6.45) is 0.253. The fraction of sp³-hybridized carbons (Fsp3) is 0.488. The van der Waals surface area contributed by atoms with E-state index in [-0.39, 0.29) is 36.2 Å².